The van der Waals surface area contributed by atoms with Gasteiger partial charge in [0.1, 0.15) is 0 Å². The highest BCUT2D eigenvalue weighted by atomic mass is 32.2. The molecule has 0 spiro atoms. The Morgan fingerprint density at radius 2 is 1.14 bits per heavy atom. The fourth-order valence-corrected chi connectivity index (χ4v) is 1.25. The minimum Gasteiger partial charge on any atom is -0.176 e. The average Bonchev–Trinajstić information content (AvgIpc) is 2.08. The molecule has 0 saturated carbocycles. The monoisotopic (exact) mass is 234 g/mol. The van der Waals surface area contributed by atoms with E-state index in [1.54, 1.807) is 0 Å². The Hall–Kier alpha value is -1.06. The molecule has 0 radical (unpaired) electrons. The van der Waals surface area contributed by atoms with Gasteiger partial charge < -0.3 is 0 Å². The lowest BCUT2D eigenvalue weighted by molar-refractivity contribution is 0.626. The third-order valence-corrected chi connectivity index (χ3v) is 2.02. The highest BCUT2D eigenvalue weighted by molar-refractivity contribution is 7.71. The van der Waals surface area contributed by atoms with E-state index < -0.39 is 20.6 Å². The van der Waals surface area contributed by atoms with Crippen molar-refractivity contribution in [3.63, 3.8) is 0 Å². The third kappa shape index (κ3) is 10.9. The maximum absolute atomic E-state index is 9.98. The van der Waals surface area contributed by atoms with Gasteiger partial charge in [0, 0.05) is 10.0 Å². The molecule has 78 valence electrons. The van der Waals surface area contributed by atoms with Crippen molar-refractivity contribution in [1.82, 2.24) is 0 Å². The van der Waals surface area contributed by atoms with E-state index in [-0.39, 0.29) is 0 Å². The SMILES string of the molecule is O=S(=O)=C=CCCCCC=C=S(=O)=O. The van der Waals surface area contributed by atoms with Crippen LogP contribution in [0.2, 0.25) is 0 Å². The molecule has 0 atom stereocenters. The molecule has 14 heavy (non-hydrogen) atoms. The van der Waals surface area contributed by atoms with Crippen LogP contribution in [0.4, 0.5) is 0 Å². The summed E-state index contributed by atoms with van der Waals surface area (Å²) in [5.41, 5.74) is 0. The van der Waals surface area contributed by atoms with E-state index in [4.69, 9.17) is 0 Å². The van der Waals surface area contributed by atoms with Crippen LogP contribution in [0.15, 0.2) is 12.2 Å². The molecule has 0 aromatic rings. The van der Waals surface area contributed by atoms with Crippen molar-refractivity contribution < 1.29 is 16.8 Å². The summed E-state index contributed by atoms with van der Waals surface area (Å²) >= 11 is 0. The summed E-state index contributed by atoms with van der Waals surface area (Å²) in [6, 6.07) is 0. The van der Waals surface area contributed by atoms with Gasteiger partial charge in [0.2, 0.25) is 0 Å². The smallest absolute Gasteiger partial charge is 0.176 e. The van der Waals surface area contributed by atoms with E-state index in [1.165, 1.54) is 12.2 Å². The van der Waals surface area contributed by atoms with Gasteiger partial charge in [0.15, 0.2) is 0 Å². The number of unbranched alkanes of at least 4 members (excludes halogenated alkanes) is 3. The average molecular weight is 234 g/mol. The predicted octanol–water partition coefficient (Wildman–Crippen LogP) is 0.220. The van der Waals surface area contributed by atoms with Crippen LogP contribution in [0.3, 0.4) is 0 Å². The fourth-order valence-electron chi connectivity index (χ4n) is 0.747. The zero-order chi connectivity index (χ0) is 10.8. The highest BCUT2D eigenvalue weighted by Crippen LogP contribution is 1.98. The fraction of sp³-hybridized carbons (Fsp3) is 0.500. The van der Waals surface area contributed by atoms with E-state index in [1.807, 2.05) is 0 Å². The van der Waals surface area contributed by atoms with Crippen molar-refractivity contribution in [3.8, 4) is 0 Å². The Balaban J connectivity index is 3.70. The molecule has 0 aliphatic heterocycles. The molecule has 0 aliphatic carbocycles. The van der Waals surface area contributed by atoms with Crippen LogP contribution in [0.25, 0.3) is 0 Å². The van der Waals surface area contributed by atoms with Crippen molar-refractivity contribution in [2.45, 2.75) is 25.7 Å². The first kappa shape index (κ1) is 12.9. The maximum Gasteiger partial charge on any atom is 0.259 e. The van der Waals surface area contributed by atoms with Crippen molar-refractivity contribution in [1.29, 1.82) is 0 Å². The first-order valence-corrected chi connectivity index (χ1v) is 6.12. The topological polar surface area (TPSA) is 68.3 Å². The summed E-state index contributed by atoms with van der Waals surface area (Å²) in [5.74, 6) is 0. The zero-order valence-electron chi connectivity index (χ0n) is 7.43. The second-order valence-electron chi connectivity index (χ2n) is 2.40. The lowest BCUT2D eigenvalue weighted by atomic mass is 10.2. The van der Waals surface area contributed by atoms with Crippen LogP contribution in [0.1, 0.15) is 25.7 Å². The third-order valence-electron chi connectivity index (χ3n) is 1.31. The number of allylic oxidation sites excluding steroid dienone is 2. The van der Waals surface area contributed by atoms with Gasteiger partial charge in [-0.3, -0.25) is 0 Å². The van der Waals surface area contributed by atoms with E-state index in [0.717, 1.165) is 12.8 Å². The second-order valence-corrected chi connectivity index (χ2v) is 3.81. The van der Waals surface area contributed by atoms with Crippen LogP contribution in [0.5, 0.6) is 0 Å². The Labute approximate surface area is 85.6 Å². The van der Waals surface area contributed by atoms with E-state index in [0.29, 0.717) is 12.8 Å². The van der Waals surface area contributed by atoms with Crippen LogP contribution >= 0.6 is 0 Å². The maximum atomic E-state index is 9.98. The molecule has 0 aliphatic rings. The Kier molecular flexibility index (Phi) is 7.89. The van der Waals surface area contributed by atoms with E-state index in [2.05, 4.69) is 10.0 Å². The molecular weight excluding hydrogens is 224 g/mol. The molecule has 0 unspecified atom stereocenters. The quantitative estimate of drug-likeness (QED) is 0.504. The van der Waals surface area contributed by atoms with Gasteiger partial charge in [-0.15, -0.1) is 0 Å². The minimum absolute atomic E-state index is 0.627. The van der Waals surface area contributed by atoms with Crippen LogP contribution < -0.4 is 0 Å². The normalized spacial score (nSPS) is 8.29. The van der Waals surface area contributed by atoms with Gasteiger partial charge in [-0.1, -0.05) is 0 Å². The molecule has 0 amide bonds. The molecule has 0 rings (SSSR count). The Morgan fingerprint density at radius 3 is 1.43 bits per heavy atom. The van der Waals surface area contributed by atoms with Gasteiger partial charge in [0.05, 0.1) is 0 Å². The van der Waals surface area contributed by atoms with Crippen LogP contribution in [-0.2, 0) is 20.6 Å². The first-order valence-electron chi connectivity index (χ1n) is 3.97. The lowest BCUT2D eigenvalue weighted by Crippen LogP contribution is -1.73. The molecule has 6 heteroatoms. The Bertz CT molecular complexity index is 419. The summed E-state index contributed by atoms with van der Waals surface area (Å²) < 4.78 is 39.9. The summed E-state index contributed by atoms with van der Waals surface area (Å²) in [6.45, 7) is 0. The molecular formula is C8H10O4S2. The van der Waals surface area contributed by atoms with Crippen molar-refractivity contribution in [2.24, 2.45) is 0 Å². The molecule has 0 bridgehead atoms. The number of hydrogen-bond acceptors (Lipinski definition) is 4. The molecule has 4 nitrogen and oxygen atoms in total. The van der Waals surface area contributed by atoms with Crippen molar-refractivity contribution in [2.75, 3.05) is 0 Å². The molecule has 0 heterocycles. The van der Waals surface area contributed by atoms with Gasteiger partial charge in [-0.05, 0) is 37.8 Å². The molecule has 0 aromatic heterocycles. The van der Waals surface area contributed by atoms with E-state index >= 15 is 0 Å². The lowest BCUT2D eigenvalue weighted by Gasteiger charge is -1.88. The van der Waals surface area contributed by atoms with Gasteiger partial charge in [-0.2, -0.15) is 16.8 Å². The number of rotatable bonds is 5. The minimum atomic E-state index is -2.24. The highest BCUT2D eigenvalue weighted by Gasteiger charge is 1.82. The van der Waals surface area contributed by atoms with Crippen LogP contribution in [0, 0.1) is 0 Å². The Morgan fingerprint density at radius 1 is 0.786 bits per heavy atom. The van der Waals surface area contributed by atoms with Crippen molar-refractivity contribution >= 4 is 30.6 Å². The molecule has 0 N–H and O–H groups in total. The van der Waals surface area contributed by atoms with E-state index in [9.17, 15) is 16.8 Å². The van der Waals surface area contributed by atoms with Gasteiger partial charge >= 0.3 is 0 Å². The summed E-state index contributed by atoms with van der Waals surface area (Å²) in [5, 5.41) is 4.24. The van der Waals surface area contributed by atoms with Gasteiger partial charge in [0.25, 0.3) is 20.6 Å². The molecule has 0 fully saturated rings. The zero-order valence-corrected chi connectivity index (χ0v) is 9.07. The summed E-state index contributed by atoms with van der Waals surface area (Å²) in [4.78, 5) is 0. The van der Waals surface area contributed by atoms with Crippen molar-refractivity contribution in [3.05, 3.63) is 12.2 Å². The van der Waals surface area contributed by atoms with Crippen LogP contribution in [-0.4, -0.2) is 26.9 Å². The second kappa shape index (κ2) is 8.53. The van der Waals surface area contributed by atoms with Gasteiger partial charge in [-0.25, -0.2) is 0 Å². The predicted molar refractivity (Wildman–Crippen MR) is 55.5 cm³/mol. The largest absolute Gasteiger partial charge is 0.259 e. The first-order chi connectivity index (χ1) is 6.63. The standard InChI is InChI=1S/C8H10O4S2/c9-13(10)7-5-3-1-2-4-6-8-14(11)12/h5-6H,1-4H2. The number of hydrogen-bond donors (Lipinski definition) is 0. The molecule has 0 saturated heterocycles. The molecule has 0 aromatic carbocycles. The summed E-state index contributed by atoms with van der Waals surface area (Å²) in [6.07, 6.45) is 5.75. The summed E-state index contributed by atoms with van der Waals surface area (Å²) in [7, 11) is -4.48.